The molecule has 0 aromatic heterocycles. The fourth-order valence-electron chi connectivity index (χ4n) is 3.83. The van der Waals surface area contributed by atoms with E-state index in [1.54, 1.807) is 0 Å². The molecule has 0 aliphatic heterocycles. The van der Waals surface area contributed by atoms with Crippen molar-refractivity contribution in [2.45, 2.75) is 121 Å². The van der Waals surface area contributed by atoms with E-state index in [-0.39, 0.29) is 19.5 Å². The van der Waals surface area contributed by atoms with Crippen LogP contribution in [-0.4, -0.2) is 0 Å². The summed E-state index contributed by atoms with van der Waals surface area (Å²) in [6.45, 7) is 4.48. The summed E-state index contributed by atoms with van der Waals surface area (Å²) >= 11 is 0.657. The smallest absolute Gasteiger partial charge is 0.789 e. The minimum absolute atomic E-state index is 0. The number of phosphoric acid groups is 1. The maximum Gasteiger partial charge on any atom is 2.00 e. The molecule has 0 aliphatic carbocycles. The first-order valence-electron chi connectivity index (χ1n) is 12.1. The normalized spacial score (nSPS) is 11.5. The van der Waals surface area contributed by atoms with Gasteiger partial charge in [-0.2, -0.15) is 0 Å². The third-order valence-corrected chi connectivity index (χ3v) is 8.45. The van der Waals surface area contributed by atoms with Crippen molar-refractivity contribution in [2.75, 3.05) is 0 Å². The van der Waals surface area contributed by atoms with Crippen LogP contribution in [0.5, 0.6) is 0 Å². The van der Waals surface area contributed by atoms with Gasteiger partial charge >= 0.3 is 19.5 Å². The quantitative estimate of drug-likeness (QED) is 0.0540. The van der Waals surface area contributed by atoms with Crippen LogP contribution in [0.3, 0.4) is 0 Å². The number of rotatable bonds is 20. The van der Waals surface area contributed by atoms with Crippen molar-refractivity contribution in [3.8, 4) is 0 Å². The molecule has 0 spiro atoms. The van der Waals surface area contributed by atoms with Gasteiger partial charge in [0.15, 0.2) is 0 Å². The summed E-state index contributed by atoms with van der Waals surface area (Å²) in [5.74, 6) is 0. The van der Waals surface area contributed by atoms with Gasteiger partial charge in [0.05, 0.1) is 18.9 Å². The Morgan fingerprint density at radius 2 is 1.28 bits per heavy atom. The minimum Gasteiger partial charge on any atom is -0.789 e. The van der Waals surface area contributed by atoms with E-state index >= 15 is 0 Å². The van der Waals surface area contributed by atoms with Crippen LogP contribution >= 0.6 is 29.7 Å². The predicted molar refractivity (Wildman–Crippen MR) is 132 cm³/mol. The molecule has 32 heavy (non-hydrogen) atoms. The average Bonchev–Trinajstić information content (AvgIpc) is 2.72. The Morgan fingerprint density at radius 1 is 0.781 bits per heavy atom. The third-order valence-electron chi connectivity index (χ3n) is 5.56. The zero-order valence-electron chi connectivity index (χ0n) is 20.1. The molecule has 0 heterocycles. The molecule has 1 aromatic carbocycles. The van der Waals surface area contributed by atoms with Crippen LogP contribution in [0.1, 0.15) is 115 Å². The van der Waals surface area contributed by atoms with Gasteiger partial charge in [0.25, 0.3) is 0 Å². The van der Waals surface area contributed by atoms with Crippen LogP contribution < -0.4 is 9.79 Å². The molecule has 0 aliphatic rings. The van der Waals surface area contributed by atoms with Gasteiger partial charge in [-0.05, 0) is 53.7 Å². The van der Waals surface area contributed by atoms with Gasteiger partial charge in [-0.25, -0.2) is 0 Å². The van der Waals surface area contributed by atoms with Crippen molar-refractivity contribution in [2.24, 2.45) is 0 Å². The van der Waals surface area contributed by atoms with Gasteiger partial charge in [-0.1, -0.05) is 103 Å². The molecule has 0 saturated heterocycles. The number of hydrogen-bond acceptors (Lipinski definition) is 6. The molecule has 180 valence electrons. The molecule has 0 N–H and O–H groups in total. The fourth-order valence-corrected chi connectivity index (χ4v) is 6.42. The summed E-state index contributed by atoms with van der Waals surface area (Å²) in [5.41, 5.74) is 2.66. The second-order valence-electron chi connectivity index (χ2n) is 8.31. The summed E-state index contributed by atoms with van der Waals surface area (Å²) in [6, 6.07) is 6.24. The van der Waals surface area contributed by atoms with Gasteiger partial charge < -0.3 is 14.4 Å². The van der Waals surface area contributed by atoms with Crippen molar-refractivity contribution in [1.29, 1.82) is 0 Å². The Labute approximate surface area is 217 Å². The third kappa shape index (κ3) is 17.1. The first kappa shape index (κ1) is 32.7. The first-order valence-corrected chi connectivity index (χ1v) is 15.7. The van der Waals surface area contributed by atoms with Crippen LogP contribution in [-0.2, 0) is 40.9 Å². The van der Waals surface area contributed by atoms with Crippen molar-refractivity contribution in [1.82, 2.24) is 0 Å². The predicted octanol–water partition coefficient (Wildman–Crippen LogP) is 7.77. The zero-order valence-corrected chi connectivity index (χ0v) is 25.6. The number of hydrogen-bond donors (Lipinski definition) is 0. The molecule has 0 unspecified atom stereocenters. The van der Waals surface area contributed by atoms with E-state index < -0.39 is 7.82 Å². The fraction of sp³-hybridized carbons (Fsp3) is 0.750. The standard InChI is InChI=1S/C24H43O4PS2.Zn/c1-3-5-7-9-11-13-15-18-22-19-17-21-24(30-31-28-29(25,26)27)23(22)20-16-14-12-10-8-6-4-2;/h17,19,21H,3-16,18,20H2,1-2H3,(H2,25,26,27);/q;+2/p-2. The van der Waals surface area contributed by atoms with E-state index in [0.717, 1.165) is 24.2 Å². The average molecular weight is 554 g/mol. The summed E-state index contributed by atoms with van der Waals surface area (Å²) < 4.78 is 15.2. The van der Waals surface area contributed by atoms with Crippen LogP contribution in [0.25, 0.3) is 0 Å². The van der Waals surface area contributed by atoms with Gasteiger partial charge in [-0.3, -0.25) is 3.97 Å². The monoisotopic (exact) mass is 552 g/mol. The first-order chi connectivity index (χ1) is 15.0. The van der Waals surface area contributed by atoms with E-state index in [9.17, 15) is 14.4 Å². The molecular weight excluding hydrogens is 513 g/mol. The Kier molecular flexibility index (Phi) is 21.4. The number of benzene rings is 1. The van der Waals surface area contributed by atoms with Crippen LogP contribution in [0, 0.1) is 0 Å². The topological polar surface area (TPSA) is 72.4 Å². The van der Waals surface area contributed by atoms with Gasteiger partial charge in [-0.15, -0.1) is 0 Å². The van der Waals surface area contributed by atoms with Crippen LogP contribution in [0.15, 0.2) is 23.1 Å². The second kappa shape index (κ2) is 21.0. The zero-order chi connectivity index (χ0) is 22.8. The van der Waals surface area contributed by atoms with Crippen LogP contribution in [0.4, 0.5) is 0 Å². The molecule has 1 aromatic rings. The van der Waals surface area contributed by atoms with E-state index in [1.807, 2.05) is 12.1 Å². The molecule has 1 rings (SSSR count). The van der Waals surface area contributed by atoms with Crippen molar-refractivity contribution >= 4 is 29.7 Å². The van der Waals surface area contributed by atoms with E-state index in [0.29, 0.717) is 11.1 Å². The molecule has 4 nitrogen and oxygen atoms in total. The van der Waals surface area contributed by atoms with Crippen molar-refractivity contribution in [3.05, 3.63) is 29.3 Å². The largest absolute Gasteiger partial charge is 2.00 e. The Balaban J connectivity index is 0.00000961. The molecule has 0 fully saturated rings. The van der Waals surface area contributed by atoms with Crippen molar-refractivity contribution in [3.63, 3.8) is 0 Å². The van der Waals surface area contributed by atoms with E-state index in [4.69, 9.17) is 0 Å². The number of aryl methyl sites for hydroxylation is 1. The SMILES string of the molecule is CCCCCCCCCc1cccc(SSOP(=O)([O-])[O-])c1CCCCCCCCC.[Zn+2]. The summed E-state index contributed by atoms with van der Waals surface area (Å²) in [4.78, 5) is 22.6. The maximum absolute atomic E-state index is 10.8. The molecule has 0 atom stereocenters. The van der Waals surface area contributed by atoms with E-state index in [1.165, 1.54) is 105 Å². The van der Waals surface area contributed by atoms with Gasteiger partial charge in [0.2, 0.25) is 0 Å². The van der Waals surface area contributed by atoms with Crippen LogP contribution in [0.2, 0.25) is 0 Å². The van der Waals surface area contributed by atoms with E-state index in [2.05, 4.69) is 23.9 Å². The molecule has 0 amide bonds. The second-order valence-corrected chi connectivity index (χ2v) is 11.5. The molecule has 0 radical (unpaired) electrons. The molecule has 8 heteroatoms. The Bertz CT molecular complexity index is 628. The summed E-state index contributed by atoms with van der Waals surface area (Å²) in [7, 11) is -3.72. The maximum atomic E-state index is 10.8. The molecule has 0 bridgehead atoms. The summed E-state index contributed by atoms with van der Waals surface area (Å²) in [6.07, 6.45) is 19.9. The van der Waals surface area contributed by atoms with Gasteiger partial charge in [0, 0.05) is 4.90 Å². The molecule has 0 saturated carbocycles. The number of unbranched alkanes of at least 4 members (excludes halogenated alkanes) is 12. The Hall–Kier alpha value is 0.653. The minimum atomic E-state index is -4.96. The molecular formula is C24H41O4PS2Zn. The Morgan fingerprint density at radius 3 is 1.81 bits per heavy atom. The summed E-state index contributed by atoms with van der Waals surface area (Å²) in [5, 5.41) is 0. The van der Waals surface area contributed by atoms with Gasteiger partial charge in [0.1, 0.15) is 0 Å². The van der Waals surface area contributed by atoms with Crippen molar-refractivity contribution < 1.29 is 37.8 Å².